The van der Waals surface area contributed by atoms with Crippen molar-refractivity contribution in [3.63, 3.8) is 0 Å². The SMILES string of the molecule is COC(=O)C1CCN(C(=O)C2CCCCN2S(C)(=O)=O)C1. The standard InChI is InChI=1S/C13H22N2O5S/c1-20-13(17)10-6-8-14(9-10)12(16)11-5-3-4-7-15(11)21(2,18)19/h10-11H,3-9H2,1-2H3. The molecule has 0 aliphatic carbocycles. The van der Waals surface area contributed by atoms with Crippen LogP contribution in [0.15, 0.2) is 0 Å². The van der Waals surface area contributed by atoms with E-state index in [9.17, 15) is 18.0 Å². The Morgan fingerprint density at radius 1 is 1.14 bits per heavy atom. The molecule has 2 aliphatic rings. The van der Waals surface area contributed by atoms with E-state index < -0.39 is 16.1 Å². The van der Waals surface area contributed by atoms with Crippen molar-refractivity contribution in [1.82, 2.24) is 9.21 Å². The summed E-state index contributed by atoms with van der Waals surface area (Å²) in [5.74, 6) is -0.797. The number of piperidine rings is 1. The summed E-state index contributed by atoms with van der Waals surface area (Å²) in [5.41, 5.74) is 0. The predicted molar refractivity (Wildman–Crippen MR) is 75.9 cm³/mol. The Balaban J connectivity index is 2.07. The van der Waals surface area contributed by atoms with E-state index in [0.717, 1.165) is 19.1 Å². The summed E-state index contributed by atoms with van der Waals surface area (Å²) in [6.07, 6.45) is 3.88. The van der Waals surface area contributed by atoms with Crippen molar-refractivity contribution in [2.24, 2.45) is 5.92 Å². The van der Waals surface area contributed by atoms with Crippen molar-refractivity contribution in [3.8, 4) is 0 Å². The number of sulfonamides is 1. The molecule has 120 valence electrons. The van der Waals surface area contributed by atoms with E-state index in [0.29, 0.717) is 32.5 Å². The molecule has 0 aromatic carbocycles. The first-order valence-electron chi connectivity index (χ1n) is 7.18. The second-order valence-corrected chi connectivity index (χ2v) is 7.61. The quantitative estimate of drug-likeness (QED) is 0.674. The fourth-order valence-electron chi connectivity index (χ4n) is 3.08. The molecule has 0 spiro atoms. The lowest BCUT2D eigenvalue weighted by molar-refractivity contribution is -0.145. The molecule has 2 fully saturated rings. The summed E-state index contributed by atoms with van der Waals surface area (Å²) < 4.78 is 29.6. The fraction of sp³-hybridized carbons (Fsp3) is 0.846. The number of esters is 1. The Bertz CT molecular complexity index is 519. The van der Waals surface area contributed by atoms with Gasteiger partial charge in [0, 0.05) is 19.6 Å². The summed E-state index contributed by atoms with van der Waals surface area (Å²) in [6.45, 7) is 1.19. The molecular weight excluding hydrogens is 296 g/mol. The van der Waals surface area contributed by atoms with Crippen molar-refractivity contribution < 1.29 is 22.7 Å². The van der Waals surface area contributed by atoms with Crippen LogP contribution in [0.25, 0.3) is 0 Å². The maximum absolute atomic E-state index is 12.6. The summed E-state index contributed by atoms with van der Waals surface area (Å²) >= 11 is 0. The van der Waals surface area contributed by atoms with Gasteiger partial charge >= 0.3 is 5.97 Å². The van der Waals surface area contributed by atoms with Crippen LogP contribution >= 0.6 is 0 Å². The lowest BCUT2D eigenvalue weighted by Gasteiger charge is -2.34. The third-order valence-corrected chi connectivity index (χ3v) is 5.49. The van der Waals surface area contributed by atoms with E-state index in [1.807, 2.05) is 0 Å². The van der Waals surface area contributed by atoms with Gasteiger partial charge in [0.1, 0.15) is 6.04 Å². The first-order valence-corrected chi connectivity index (χ1v) is 9.03. The van der Waals surface area contributed by atoms with E-state index in [1.54, 1.807) is 4.90 Å². The van der Waals surface area contributed by atoms with Crippen molar-refractivity contribution in [3.05, 3.63) is 0 Å². The lowest BCUT2D eigenvalue weighted by atomic mass is 10.0. The second kappa shape index (κ2) is 6.31. The van der Waals surface area contributed by atoms with Crippen molar-refractivity contribution >= 4 is 21.9 Å². The van der Waals surface area contributed by atoms with E-state index in [2.05, 4.69) is 0 Å². The van der Waals surface area contributed by atoms with Gasteiger partial charge in [0.15, 0.2) is 0 Å². The smallest absolute Gasteiger partial charge is 0.310 e. The number of hydrogen-bond acceptors (Lipinski definition) is 5. The molecule has 0 N–H and O–H groups in total. The Morgan fingerprint density at radius 3 is 2.48 bits per heavy atom. The number of rotatable bonds is 3. The van der Waals surface area contributed by atoms with Crippen LogP contribution in [0.2, 0.25) is 0 Å². The number of amides is 1. The number of likely N-dealkylation sites (tertiary alicyclic amines) is 1. The molecule has 0 radical (unpaired) electrons. The van der Waals surface area contributed by atoms with Crippen LogP contribution in [0.3, 0.4) is 0 Å². The molecule has 2 heterocycles. The lowest BCUT2D eigenvalue weighted by Crippen LogP contribution is -2.52. The average molecular weight is 318 g/mol. The van der Waals surface area contributed by atoms with Crippen LogP contribution in [-0.2, 0) is 24.3 Å². The second-order valence-electron chi connectivity index (χ2n) is 5.68. The molecular formula is C13H22N2O5S. The Kier molecular flexibility index (Phi) is 4.88. The van der Waals surface area contributed by atoms with Gasteiger partial charge in [0.05, 0.1) is 19.3 Å². The van der Waals surface area contributed by atoms with Gasteiger partial charge in [-0.25, -0.2) is 8.42 Å². The minimum absolute atomic E-state index is 0.188. The highest BCUT2D eigenvalue weighted by atomic mass is 32.2. The average Bonchev–Trinajstić information content (AvgIpc) is 2.94. The van der Waals surface area contributed by atoms with Gasteiger partial charge in [-0.05, 0) is 19.3 Å². The third-order valence-electron chi connectivity index (χ3n) is 4.20. The molecule has 2 saturated heterocycles. The van der Waals surface area contributed by atoms with Crippen LogP contribution in [0.4, 0.5) is 0 Å². The van der Waals surface area contributed by atoms with Crippen LogP contribution in [0, 0.1) is 5.92 Å². The Labute approximate surface area is 125 Å². The monoisotopic (exact) mass is 318 g/mol. The summed E-state index contributed by atoms with van der Waals surface area (Å²) in [4.78, 5) is 25.7. The first-order chi connectivity index (χ1) is 9.84. The molecule has 0 aromatic heterocycles. The number of nitrogens with zero attached hydrogens (tertiary/aromatic N) is 2. The third kappa shape index (κ3) is 3.55. The molecule has 2 rings (SSSR count). The molecule has 2 atom stereocenters. The molecule has 2 unspecified atom stereocenters. The van der Waals surface area contributed by atoms with E-state index in [4.69, 9.17) is 4.74 Å². The van der Waals surface area contributed by atoms with Gasteiger partial charge in [-0.15, -0.1) is 0 Å². The van der Waals surface area contributed by atoms with E-state index >= 15 is 0 Å². The highest BCUT2D eigenvalue weighted by molar-refractivity contribution is 7.88. The molecule has 0 bridgehead atoms. The largest absolute Gasteiger partial charge is 0.469 e. The molecule has 0 aromatic rings. The zero-order valence-electron chi connectivity index (χ0n) is 12.4. The topological polar surface area (TPSA) is 84.0 Å². The van der Waals surface area contributed by atoms with Gasteiger partial charge < -0.3 is 9.64 Å². The van der Waals surface area contributed by atoms with Crippen molar-refractivity contribution in [1.29, 1.82) is 0 Å². The number of carbonyl (C=O) groups is 2. The number of ether oxygens (including phenoxy) is 1. The minimum atomic E-state index is -3.39. The van der Waals surface area contributed by atoms with Gasteiger partial charge in [0.25, 0.3) is 0 Å². The number of hydrogen-bond donors (Lipinski definition) is 0. The Hall–Kier alpha value is -1.15. The Morgan fingerprint density at radius 2 is 1.86 bits per heavy atom. The fourth-order valence-corrected chi connectivity index (χ4v) is 4.20. The molecule has 21 heavy (non-hydrogen) atoms. The van der Waals surface area contributed by atoms with Crippen LogP contribution in [0.1, 0.15) is 25.7 Å². The maximum Gasteiger partial charge on any atom is 0.310 e. The summed E-state index contributed by atoms with van der Waals surface area (Å²) in [5, 5.41) is 0. The molecule has 2 aliphatic heterocycles. The maximum atomic E-state index is 12.6. The normalized spacial score (nSPS) is 27.6. The van der Waals surface area contributed by atoms with Crippen molar-refractivity contribution in [2.75, 3.05) is 33.0 Å². The van der Waals surface area contributed by atoms with Crippen molar-refractivity contribution in [2.45, 2.75) is 31.7 Å². The number of methoxy groups -OCH3 is 1. The predicted octanol–water partition coefficient (Wildman–Crippen LogP) is -0.178. The first kappa shape index (κ1) is 16.2. The molecule has 0 saturated carbocycles. The van der Waals surface area contributed by atoms with Gasteiger partial charge in [-0.3, -0.25) is 9.59 Å². The van der Waals surface area contributed by atoms with Gasteiger partial charge in [-0.2, -0.15) is 4.31 Å². The summed E-state index contributed by atoms with van der Waals surface area (Å²) in [7, 11) is -2.06. The van der Waals surface area contributed by atoms with Crippen LogP contribution in [-0.4, -0.2) is 68.5 Å². The van der Waals surface area contributed by atoms with Crippen LogP contribution in [0.5, 0.6) is 0 Å². The zero-order chi connectivity index (χ0) is 15.6. The minimum Gasteiger partial charge on any atom is -0.469 e. The van der Waals surface area contributed by atoms with Gasteiger partial charge in [-0.1, -0.05) is 6.42 Å². The number of carbonyl (C=O) groups excluding carboxylic acids is 2. The van der Waals surface area contributed by atoms with E-state index in [1.165, 1.54) is 11.4 Å². The molecule has 8 heteroatoms. The van der Waals surface area contributed by atoms with Gasteiger partial charge in [0.2, 0.25) is 15.9 Å². The summed E-state index contributed by atoms with van der Waals surface area (Å²) in [6, 6.07) is -0.620. The van der Waals surface area contributed by atoms with E-state index in [-0.39, 0.29) is 17.8 Å². The highest BCUT2D eigenvalue weighted by Gasteiger charge is 2.40. The zero-order valence-corrected chi connectivity index (χ0v) is 13.3. The molecule has 7 nitrogen and oxygen atoms in total. The highest BCUT2D eigenvalue weighted by Crippen LogP contribution is 2.25. The molecule has 1 amide bonds. The van der Waals surface area contributed by atoms with Crippen LogP contribution < -0.4 is 0 Å².